The van der Waals surface area contributed by atoms with Gasteiger partial charge in [0.2, 0.25) is 5.91 Å². The third-order valence-electron chi connectivity index (χ3n) is 4.72. The topological polar surface area (TPSA) is 72.2 Å². The van der Waals surface area contributed by atoms with E-state index in [1.807, 2.05) is 83.3 Å². The molecule has 0 bridgehead atoms. The second-order valence-corrected chi connectivity index (χ2v) is 8.59. The van der Waals surface area contributed by atoms with Crippen LogP contribution >= 0.6 is 27.7 Å². The van der Waals surface area contributed by atoms with E-state index in [1.54, 1.807) is 0 Å². The Kier molecular flexibility index (Phi) is 5.40. The normalized spacial score (nSPS) is 11.1. The molecule has 0 saturated heterocycles. The van der Waals surface area contributed by atoms with Crippen LogP contribution in [0.2, 0.25) is 0 Å². The molecule has 1 N–H and O–H groups in total. The van der Waals surface area contributed by atoms with Gasteiger partial charge in [0, 0.05) is 10.0 Å². The fraction of sp³-hybridized carbons (Fsp3) is 0.0435. The minimum absolute atomic E-state index is 0.118. The van der Waals surface area contributed by atoms with E-state index in [1.165, 1.54) is 11.8 Å². The van der Waals surface area contributed by atoms with Gasteiger partial charge in [-0.3, -0.25) is 9.20 Å². The summed E-state index contributed by atoms with van der Waals surface area (Å²) in [7, 11) is 0. The molecule has 0 unspecified atom stereocenters. The highest BCUT2D eigenvalue weighted by Crippen LogP contribution is 2.29. The third kappa shape index (κ3) is 3.92. The molecular weight excluding hydrogens is 474 g/mol. The highest BCUT2D eigenvalue weighted by Gasteiger charge is 2.17. The summed E-state index contributed by atoms with van der Waals surface area (Å²) < 4.78 is 2.84. The average molecular weight is 490 g/mol. The molecule has 0 aliphatic heterocycles. The van der Waals surface area contributed by atoms with Crippen molar-refractivity contribution in [1.29, 1.82) is 0 Å². The second-order valence-electron chi connectivity index (χ2n) is 6.77. The van der Waals surface area contributed by atoms with Gasteiger partial charge in [-0.1, -0.05) is 66.4 Å². The molecule has 2 aromatic heterocycles. The van der Waals surface area contributed by atoms with E-state index in [0.29, 0.717) is 10.7 Å². The van der Waals surface area contributed by atoms with E-state index in [9.17, 15) is 4.79 Å². The zero-order valence-electron chi connectivity index (χ0n) is 16.2. The van der Waals surface area contributed by atoms with Crippen molar-refractivity contribution < 1.29 is 4.79 Å². The standard InChI is InChI=1S/C23H16BrN5OS/c24-16-10-4-5-11-17(16)25-20(30)14-31-23-22-28-27-21(15-8-2-1-3-9-15)29(22)19-13-7-6-12-18(19)26-23/h1-13H,14H2,(H,25,30). The molecule has 0 aliphatic rings. The van der Waals surface area contributed by atoms with E-state index in [4.69, 9.17) is 4.98 Å². The third-order valence-corrected chi connectivity index (χ3v) is 6.36. The lowest BCUT2D eigenvalue weighted by atomic mass is 10.2. The Balaban J connectivity index is 1.51. The Morgan fingerprint density at radius 2 is 1.68 bits per heavy atom. The first-order valence-corrected chi connectivity index (χ1v) is 11.3. The first-order chi connectivity index (χ1) is 15.2. The number of rotatable bonds is 5. The number of thioether (sulfide) groups is 1. The Morgan fingerprint density at radius 1 is 0.935 bits per heavy atom. The summed E-state index contributed by atoms with van der Waals surface area (Å²) in [6, 6.07) is 25.3. The van der Waals surface area contributed by atoms with Crippen LogP contribution in [-0.2, 0) is 4.79 Å². The maximum absolute atomic E-state index is 12.5. The maximum atomic E-state index is 12.5. The first kappa shape index (κ1) is 19.7. The maximum Gasteiger partial charge on any atom is 0.234 e. The van der Waals surface area contributed by atoms with Crippen molar-refractivity contribution in [2.24, 2.45) is 0 Å². The molecule has 3 aromatic carbocycles. The zero-order chi connectivity index (χ0) is 21.2. The van der Waals surface area contributed by atoms with E-state index in [-0.39, 0.29) is 11.7 Å². The van der Waals surface area contributed by atoms with Gasteiger partial charge >= 0.3 is 0 Å². The average Bonchev–Trinajstić information content (AvgIpc) is 3.25. The van der Waals surface area contributed by atoms with Gasteiger partial charge in [0.05, 0.1) is 22.5 Å². The summed E-state index contributed by atoms with van der Waals surface area (Å²) in [4.78, 5) is 17.3. The van der Waals surface area contributed by atoms with Gasteiger partial charge in [0.25, 0.3) is 0 Å². The van der Waals surface area contributed by atoms with Crippen LogP contribution in [0.3, 0.4) is 0 Å². The molecule has 0 fully saturated rings. The van der Waals surface area contributed by atoms with Gasteiger partial charge in [-0.15, -0.1) is 10.2 Å². The van der Waals surface area contributed by atoms with Crippen molar-refractivity contribution in [3.05, 3.63) is 83.3 Å². The van der Waals surface area contributed by atoms with Crippen LogP contribution in [-0.4, -0.2) is 31.2 Å². The lowest BCUT2D eigenvalue weighted by Crippen LogP contribution is -2.14. The fourth-order valence-electron chi connectivity index (χ4n) is 3.31. The molecule has 0 saturated carbocycles. The number of nitrogens with one attached hydrogen (secondary N) is 1. The number of carbonyl (C=O) groups excluding carboxylic acids is 1. The van der Waals surface area contributed by atoms with Crippen molar-refractivity contribution in [1.82, 2.24) is 19.6 Å². The summed E-state index contributed by atoms with van der Waals surface area (Å²) >= 11 is 4.79. The number of para-hydroxylation sites is 3. The van der Waals surface area contributed by atoms with Crippen LogP contribution in [0.5, 0.6) is 0 Å². The van der Waals surface area contributed by atoms with E-state index in [2.05, 4.69) is 31.4 Å². The molecule has 5 rings (SSSR count). The lowest BCUT2D eigenvalue weighted by Gasteiger charge is -2.09. The van der Waals surface area contributed by atoms with Gasteiger partial charge in [0.15, 0.2) is 11.5 Å². The number of nitrogens with zero attached hydrogens (tertiary/aromatic N) is 4. The second kappa shape index (κ2) is 8.49. The molecule has 31 heavy (non-hydrogen) atoms. The van der Waals surface area contributed by atoms with Crippen molar-refractivity contribution in [3.63, 3.8) is 0 Å². The van der Waals surface area contributed by atoms with Crippen LogP contribution in [0.4, 0.5) is 5.69 Å². The number of amides is 1. The number of hydrogen-bond donors (Lipinski definition) is 1. The predicted octanol–water partition coefficient (Wildman–Crippen LogP) is 5.44. The molecule has 8 heteroatoms. The molecule has 152 valence electrons. The highest BCUT2D eigenvalue weighted by molar-refractivity contribution is 9.10. The Labute approximate surface area is 190 Å². The van der Waals surface area contributed by atoms with E-state index < -0.39 is 0 Å². The summed E-state index contributed by atoms with van der Waals surface area (Å²) in [5.74, 6) is 0.831. The van der Waals surface area contributed by atoms with Gasteiger partial charge < -0.3 is 5.32 Å². The summed E-state index contributed by atoms with van der Waals surface area (Å²) in [6.07, 6.45) is 0. The molecule has 6 nitrogen and oxygen atoms in total. The van der Waals surface area contributed by atoms with Gasteiger partial charge in [-0.25, -0.2) is 4.98 Å². The van der Waals surface area contributed by atoms with E-state index in [0.717, 1.165) is 32.6 Å². The molecule has 0 spiro atoms. The van der Waals surface area contributed by atoms with Gasteiger partial charge in [-0.05, 0) is 40.2 Å². The molecule has 0 aliphatic carbocycles. The molecule has 0 radical (unpaired) electrons. The minimum atomic E-state index is -0.118. The fourth-order valence-corrected chi connectivity index (χ4v) is 4.46. The number of fused-ring (bicyclic) bond motifs is 3. The smallest absolute Gasteiger partial charge is 0.234 e. The van der Waals surface area contributed by atoms with Crippen molar-refractivity contribution in [3.8, 4) is 11.4 Å². The Morgan fingerprint density at radius 3 is 2.52 bits per heavy atom. The number of aromatic nitrogens is 4. The number of anilines is 1. The van der Waals surface area contributed by atoms with Gasteiger partial charge in [0.1, 0.15) is 5.03 Å². The zero-order valence-corrected chi connectivity index (χ0v) is 18.6. The van der Waals surface area contributed by atoms with Crippen molar-refractivity contribution >= 4 is 56.0 Å². The van der Waals surface area contributed by atoms with Crippen LogP contribution in [0.1, 0.15) is 0 Å². The molecule has 0 atom stereocenters. The largest absolute Gasteiger partial charge is 0.324 e. The van der Waals surface area contributed by atoms with Crippen LogP contribution in [0.15, 0.2) is 88.4 Å². The number of hydrogen-bond acceptors (Lipinski definition) is 5. The number of halogens is 1. The van der Waals surface area contributed by atoms with Gasteiger partial charge in [-0.2, -0.15) is 0 Å². The molecule has 5 aromatic rings. The summed E-state index contributed by atoms with van der Waals surface area (Å²) in [5, 5.41) is 12.4. The van der Waals surface area contributed by atoms with Crippen LogP contribution < -0.4 is 5.32 Å². The first-order valence-electron chi connectivity index (χ1n) is 9.57. The number of carbonyl (C=O) groups is 1. The minimum Gasteiger partial charge on any atom is -0.324 e. The number of benzene rings is 3. The summed E-state index contributed by atoms with van der Waals surface area (Å²) in [6.45, 7) is 0. The highest BCUT2D eigenvalue weighted by atomic mass is 79.9. The SMILES string of the molecule is O=C(CSc1nc2ccccc2n2c(-c3ccccc3)nnc12)Nc1ccccc1Br. The van der Waals surface area contributed by atoms with Crippen molar-refractivity contribution in [2.75, 3.05) is 11.1 Å². The van der Waals surface area contributed by atoms with Crippen LogP contribution in [0.25, 0.3) is 28.1 Å². The quantitative estimate of drug-likeness (QED) is 0.333. The summed E-state index contributed by atoms with van der Waals surface area (Å²) in [5.41, 5.74) is 4.08. The molecule has 1 amide bonds. The molecule has 2 heterocycles. The lowest BCUT2D eigenvalue weighted by molar-refractivity contribution is -0.113. The monoisotopic (exact) mass is 489 g/mol. The Hall–Kier alpha value is -3.23. The molecular formula is C23H16BrN5OS. The van der Waals surface area contributed by atoms with Crippen molar-refractivity contribution in [2.45, 2.75) is 5.03 Å². The van der Waals surface area contributed by atoms with E-state index >= 15 is 0 Å². The Bertz CT molecular complexity index is 1400. The van der Waals surface area contributed by atoms with Crippen LogP contribution in [0, 0.1) is 0 Å². The predicted molar refractivity (Wildman–Crippen MR) is 127 cm³/mol.